The minimum Gasteiger partial charge on any atom is -0.330 e. The summed E-state index contributed by atoms with van der Waals surface area (Å²) >= 11 is 0. The molecule has 1 aliphatic rings. The molecule has 0 aliphatic carbocycles. The lowest BCUT2D eigenvalue weighted by Gasteiger charge is -2.22. The minimum absolute atomic E-state index is 0.371. The molecule has 21 heavy (non-hydrogen) atoms. The molecule has 0 saturated heterocycles. The highest BCUT2D eigenvalue weighted by molar-refractivity contribution is 5.57. The van der Waals surface area contributed by atoms with Crippen molar-refractivity contribution in [1.82, 2.24) is 14.8 Å². The summed E-state index contributed by atoms with van der Waals surface area (Å²) in [5, 5.41) is 8.16. The van der Waals surface area contributed by atoms with E-state index in [1.165, 1.54) is 6.07 Å². The smallest absolute Gasteiger partial charge is 0.330 e. The average Bonchev–Trinajstić information content (AvgIpc) is 2.89. The molecule has 0 radical (unpaired) electrons. The largest absolute Gasteiger partial charge is 0.416 e. The summed E-state index contributed by atoms with van der Waals surface area (Å²) in [4.78, 5) is 0. The molecule has 3 rings (SSSR count). The Balaban J connectivity index is 1.98. The van der Waals surface area contributed by atoms with Crippen LogP contribution in [0.25, 0.3) is 11.4 Å². The quantitative estimate of drug-likeness (QED) is 0.926. The standard InChI is InChI=1S/C14H15F3N4/c15-14(16,17)11-3-1-2-10(7-11)13-20-19-12-6-9(8-18)4-5-21(12)13/h1-3,7,9H,4-6,8,18H2. The van der Waals surface area contributed by atoms with E-state index in [-0.39, 0.29) is 0 Å². The zero-order chi connectivity index (χ0) is 15.0. The van der Waals surface area contributed by atoms with Crippen LogP contribution in [-0.2, 0) is 19.1 Å². The molecular formula is C14H15F3N4. The Morgan fingerprint density at radius 2 is 2.10 bits per heavy atom. The van der Waals surface area contributed by atoms with Gasteiger partial charge in [0.15, 0.2) is 5.82 Å². The Bertz CT molecular complexity index is 648. The molecule has 1 aromatic heterocycles. The molecule has 0 spiro atoms. The summed E-state index contributed by atoms with van der Waals surface area (Å²) in [5.74, 6) is 1.66. The molecule has 2 heterocycles. The van der Waals surface area contributed by atoms with E-state index >= 15 is 0 Å². The lowest BCUT2D eigenvalue weighted by atomic mass is 9.98. The second kappa shape index (κ2) is 5.14. The van der Waals surface area contributed by atoms with E-state index in [1.807, 2.05) is 4.57 Å². The maximum Gasteiger partial charge on any atom is 0.416 e. The maximum absolute atomic E-state index is 12.8. The van der Waals surface area contributed by atoms with Crippen LogP contribution in [0, 0.1) is 5.92 Å². The molecule has 4 nitrogen and oxygen atoms in total. The van der Waals surface area contributed by atoms with Gasteiger partial charge in [0.05, 0.1) is 5.56 Å². The van der Waals surface area contributed by atoms with Crippen LogP contribution >= 0.6 is 0 Å². The third kappa shape index (κ3) is 2.65. The number of nitrogens with two attached hydrogens (primary N) is 1. The van der Waals surface area contributed by atoms with Crippen molar-refractivity contribution in [3.8, 4) is 11.4 Å². The predicted octanol–water partition coefficient (Wildman–Crippen LogP) is 2.49. The van der Waals surface area contributed by atoms with Crippen LogP contribution in [0.15, 0.2) is 24.3 Å². The van der Waals surface area contributed by atoms with Crippen LogP contribution in [0.5, 0.6) is 0 Å². The summed E-state index contributed by atoms with van der Waals surface area (Å²) in [7, 11) is 0. The van der Waals surface area contributed by atoms with E-state index < -0.39 is 11.7 Å². The number of hydrogen-bond acceptors (Lipinski definition) is 3. The summed E-state index contributed by atoms with van der Waals surface area (Å²) in [6, 6.07) is 5.20. The van der Waals surface area contributed by atoms with Crippen LogP contribution in [-0.4, -0.2) is 21.3 Å². The second-order valence-electron chi connectivity index (χ2n) is 5.26. The Hall–Kier alpha value is -1.89. The molecule has 1 aromatic carbocycles. The van der Waals surface area contributed by atoms with Gasteiger partial charge >= 0.3 is 6.18 Å². The Morgan fingerprint density at radius 1 is 1.29 bits per heavy atom. The Morgan fingerprint density at radius 3 is 2.81 bits per heavy atom. The second-order valence-corrected chi connectivity index (χ2v) is 5.26. The number of fused-ring (bicyclic) bond motifs is 1. The zero-order valence-electron chi connectivity index (χ0n) is 11.3. The molecular weight excluding hydrogens is 281 g/mol. The summed E-state index contributed by atoms with van der Waals surface area (Å²) in [5.41, 5.74) is 5.43. The van der Waals surface area contributed by atoms with Gasteiger partial charge in [-0.15, -0.1) is 10.2 Å². The zero-order valence-corrected chi connectivity index (χ0v) is 11.3. The van der Waals surface area contributed by atoms with Gasteiger partial charge in [-0.05, 0) is 31.0 Å². The first kappa shape index (κ1) is 14.1. The molecule has 1 unspecified atom stereocenters. The van der Waals surface area contributed by atoms with Crippen molar-refractivity contribution in [1.29, 1.82) is 0 Å². The highest BCUT2D eigenvalue weighted by Gasteiger charge is 2.31. The first-order chi connectivity index (χ1) is 9.99. The van der Waals surface area contributed by atoms with E-state index in [1.54, 1.807) is 6.07 Å². The maximum atomic E-state index is 12.8. The molecule has 2 aromatic rings. The van der Waals surface area contributed by atoms with Crippen molar-refractivity contribution in [2.24, 2.45) is 11.7 Å². The molecule has 112 valence electrons. The van der Waals surface area contributed by atoms with Gasteiger partial charge in [0.25, 0.3) is 0 Å². The molecule has 0 fully saturated rings. The van der Waals surface area contributed by atoms with Gasteiger partial charge in [0, 0.05) is 18.5 Å². The van der Waals surface area contributed by atoms with Crippen molar-refractivity contribution in [2.75, 3.05) is 6.54 Å². The normalized spacial score (nSPS) is 18.6. The number of nitrogens with zero attached hydrogens (tertiary/aromatic N) is 3. The van der Waals surface area contributed by atoms with E-state index in [4.69, 9.17) is 5.73 Å². The predicted molar refractivity (Wildman–Crippen MR) is 71.3 cm³/mol. The molecule has 0 saturated carbocycles. The van der Waals surface area contributed by atoms with Crippen LogP contribution in [0.4, 0.5) is 13.2 Å². The SMILES string of the molecule is NCC1CCn2c(nnc2-c2cccc(C(F)(F)F)c2)C1. The highest BCUT2D eigenvalue weighted by atomic mass is 19.4. The number of benzene rings is 1. The van der Waals surface area contributed by atoms with Crippen molar-refractivity contribution < 1.29 is 13.2 Å². The van der Waals surface area contributed by atoms with E-state index in [0.717, 1.165) is 30.8 Å². The molecule has 0 amide bonds. The van der Waals surface area contributed by atoms with Gasteiger partial charge in [-0.3, -0.25) is 0 Å². The van der Waals surface area contributed by atoms with Crippen molar-refractivity contribution in [2.45, 2.75) is 25.6 Å². The number of rotatable bonds is 2. The first-order valence-electron chi connectivity index (χ1n) is 6.79. The Kier molecular flexibility index (Phi) is 3.44. The van der Waals surface area contributed by atoms with Crippen molar-refractivity contribution in [3.05, 3.63) is 35.7 Å². The summed E-state index contributed by atoms with van der Waals surface area (Å²) in [6.45, 7) is 1.28. The lowest BCUT2D eigenvalue weighted by Crippen LogP contribution is -2.25. The van der Waals surface area contributed by atoms with Crippen molar-refractivity contribution in [3.63, 3.8) is 0 Å². The van der Waals surface area contributed by atoms with Crippen LogP contribution < -0.4 is 5.73 Å². The van der Waals surface area contributed by atoms with E-state index in [0.29, 0.717) is 30.4 Å². The van der Waals surface area contributed by atoms with E-state index in [2.05, 4.69) is 10.2 Å². The van der Waals surface area contributed by atoms with Crippen LogP contribution in [0.1, 0.15) is 17.8 Å². The fraction of sp³-hybridized carbons (Fsp3) is 0.429. The van der Waals surface area contributed by atoms with E-state index in [9.17, 15) is 13.2 Å². The van der Waals surface area contributed by atoms with Gasteiger partial charge in [0.2, 0.25) is 0 Å². The summed E-state index contributed by atoms with van der Waals surface area (Å²) < 4.78 is 40.3. The third-order valence-corrected chi connectivity index (χ3v) is 3.84. The molecule has 7 heteroatoms. The van der Waals surface area contributed by atoms with Crippen molar-refractivity contribution >= 4 is 0 Å². The molecule has 2 N–H and O–H groups in total. The Labute approximate surface area is 119 Å². The average molecular weight is 296 g/mol. The lowest BCUT2D eigenvalue weighted by molar-refractivity contribution is -0.137. The summed E-state index contributed by atoms with van der Waals surface area (Å²) in [6.07, 6.45) is -2.73. The number of alkyl halides is 3. The fourth-order valence-corrected chi connectivity index (χ4v) is 2.64. The molecule has 1 atom stereocenters. The monoisotopic (exact) mass is 296 g/mol. The topological polar surface area (TPSA) is 56.7 Å². The fourth-order valence-electron chi connectivity index (χ4n) is 2.64. The van der Waals surface area contributed by atoms with Gasteiger partial charge in [-0.2, -0.15) is 13.2 Å². The minimum atomic E-state index is -4.36. The number of aromatic nitrogens is 3. The molecule has 1 aliphatic heterocycles. The first-order valence-corrected chi connectivity index (χ1v) is 6.79. The van der Waals surface area contributed by atoms with Gasteiger partial charge in [-0.25, -0.2) is 0 Å². The van der Waals surface area contributed by atoms with Crippen LogP contribution in [0.2, 0.25) is 0 Å². The molecule has 0 bridgehead atoms. The van der Waals surface area contributed by atoms with Gasteiger partial charge < -0.3 is 10.3 Å². The third-order valence-electron chi connectivity index (χ3n) is 3.84. The highest BCUT2D eigenvalue weighted by Crippen LogP contribution is 2.32. The number of hydrogen-bond donors (Lipinski definition) is 1. The van der Waals surface area contributed by atoms with Gasteiger partial charge in [0.1, 0.15) is 5.82 Å². The number of halogens is 3. The van der Waals surface area contributed by atoms with Gasteiger partial charge in [-0.1, -0.05) is 12.1 Å². The van der Waals surface area contributed by atoms with Crippen LogP contribution in [0.3, 0.4) is 0 Å².